The maximum atomic E-state index is 13.4. The molecular formula is C8H7ClFN3. The number of pyridine rings is 1. The molecule has 13 heavy (non-hydrogen) atoms. The Morgan fingerprint density at radius 3 is 2.92 bits per heavy atom. The van der Waals surface area contributed by atoms with Crippen LogP contribution in [-0.4, -0.2) is 14.8 Å². The summed E-state index contributed by atoms with van der Waals surface area (Å²) in [5.74, 6) is -0.512. The summed E-state index contributed by atoms with van der Waals surface area (Å²) in [4.78, 5) is 3.72. The average molecular weight is 200 g/mol. The summed E-state index contributed by atoms with van der Waals surface area (Å²) in [7, 11) is 1.68. The second kappa shape index (κ2) is 2.67. The van der Waals surface area contributed by atoms with Crippen LogP contribution in [0.3, 0.4) is 0 Å². The van der Waals surface area contributed by atoms with E-state index in [-0.39, 0.29) is 5.15 Å². The molecule has 0 aromatic carbocycles. The van der Waals surface area contributed by atoms with Crippen molar-refractivity contribution in [1.82, 2.24) is 14.8 Å². The van der Waals surface area contributed by atoms with E-state index in [0.29, 0.717) is 10.9 Å². The number of rotatable bonds is 0. The molecule has 2 aromatic heterocycles. The molecule has 0 aliphatic carbocycles. The van der Waals surface area contributed by atoms with Crippen LogP contribution in [0.4, 0.5) is 4.39 Å². The molecule has 5 heteroatoms. The lowest BCUT2D eigenvalue weighted by Crippen LogP contribution is -1.93. The number of hydrogen-bond acceptors (Lipinski definition) is 2. The summed E-state index contributed by atoms with van der Waals surface area (Å²) in [5.41, 5.74) is 1.15. The molecule has 68 valence electrons. The highest BCUT2D eigenvalue weighted by atomic mass is 35.5. The molecule has 2 rings (SSSR count). The Morgan fingerprint density at radius 2 is 2.23 bits per heavy atom. The minimum Gasteiger partial charge on any atom is -0.264 e. The van der Waals surface area contributed by atoms with Crippen molar-refractivity contribution in [1.29, 1.82) is 0 Å². The summed E-state index contributed by atoms with van der Waals surface area (Å²) in [5, 5.41) is 4.65. The van der Waals surface area contributed by atoms with E-state index < -0.39 is 5.82 Å². The van der Waals surface area contributed by atoms with Crippen LogP contribution in [0.15, 0.2) is 6.20 Å². The van der Waals surface area contributed by atoms with Crippen molar-refractivity contribution in [3.63, 3.8) is 0 Å². The number of halogens is 2. The van der Waals surface area contributed by atoms with E-state index in [0.717, 1.165) is 5.69 Å². The molecule has 0 bridgehead atoms. The third-order valence-electron chi connectivity index (χ3n) is 1.96. The van der Waals surface area contributed by atoms with Gasteiger partial charge in [-0.15, -0.1) is 0 Å². The van der Waals surface area contributed by atoms with Crippen LogP contribution in [0.2, 0.25) is 5.15 Å². The third kappa shape index (κ3) is 1.09. The normalized spacial score (nSPS) is 11.1. The van der Waals surface area contributed by atoms with E-state index in [2.05, 4.69) is 10.1 Å². The van der Waals surface area contributed by atoms with Gasteiger partial charge in [0.05, 0.1) is 5.69 Å². The number of aryl methyl sites for hydroxylation is 2. The number of hydrogen-bond donors (Lipinski definition) is 0. The monoisotopic (exact) mass is 199 g/mol. The first kappa shape index (κ1) is 8.44. The average Bonchev–Trinajstić information content (AvgIpc) is 2.35. The van der Waals surface area contributed by atoms with Crippen molar-refractivity contribution in [3.8, 4) is 0 Å². The topological polar surface area (TPSA) is 30.7 Å². The van der Waals surface area contributed by atoms with E-state index in [1.165, 1.54) is 10.9 Å². The lowest BCUT2D eigenvalue weighted by molar-refractivity contribution is 0.620. The van der Waals surface area contributed by atoms with Crippen molar-refractivity contribution in [2.24, 2.45) is 7.05 Å². The van der Waals surface area contributed by atoms with E-state index >= 15 is 0 Å². The molecule has 0 unspecified atom stereocenters. The zero-order valence-electron chi connectivity index (χ0n) is 7.17. The first-order valence-electron chi connectivity index (χ1n) is 3.74. The predicted octanol–water partition coefficient (Wildman–Crippen LogP) is 2.07. The molecule has 0 N–H and O–H groups in total. The fraction of sp³-hybridized carbons (Fsp3) is 0.250. The SMILES string of the molecule is Cc1nn(C)c2c(F)c(Cl)ncc12. The van der Waals surface area contributed by atoms with E-state index in [4.69, 9.17) is 11.6 Å². The minimum absolute atomic E-state index is 0.115. The Kier molecular flexibility index (Phi) is 1.73. The second-order valence-corrected chi connectivity index (χ2v) is 3.19. The molecule has 0 aliphatic heterocycles. The molecular weight excluding hydrogens is 193 g/mol. The Morgan fingerprint density at radius 1 is 1.54 bits per heavy atom. The van der Waals surface area contributed by atoms with Gasteiger partial charge in [0.2, 0.25) is 0 Å². The summed E-state index contributed by atoms with van der Waals surface area (Å²) in [6.07, 6.45) is 1.53. The van der Waals surface area contributed by atoms with Crippen molar-refractivity contribution in [3.05, 3.63) is 22.9 Å². The van der Waals surface area contributed by atoms with Crippen molar-refractivity contribution in [2.75, 3.05) is 0 Å². The van der Waals surface area contributed by atoms with Gasteiger partial charge < -0.3 is 0 Å². The van der Waals surface area contributed by atoms with Gasteiger partial charge in [-0.25, -0.2) is 9.37 Å². The zero-order chi connectivity index (χ0) is 9.59. The maximum Gasteiger partial charge on any atom is 0.186 e. The Balaban J connectivity index is 2.98. The summed E-state index contributed by atoms with van der Waals surface area (Å²) in [6.45, 7) is 1.80. The minimum atomic E-state index is -0.512. The molecule has 2 heterocycles. The van der Waals surface area contributed by atoms with Gasteiger partial charge in [-0.3, -0.25) is 4.68 Å². The van der Waals surface area contributed by atoms with Gasteiger partial charge >= 0.3 is 0 Å². The van der Waals surface area contributed by atoms with Gasteiger partial charge in [-0.2, -0.15) is 5.10 Å². The molecule has 0 spiro atoms. The Labute approximate surface area is 79.1 Å². The molecule has 0 amide bonds. The van der Waals surface area contributed by atoms with Gasteiger partial charge in [0.15, 0.2) is 11.0 Å². The number of nitrogens with zero attached hydrogens (tertiary/aromatic N) is 3. The van der Waals surface area contributed by atoms with Gasteiger partial charge in [0.1, 0.15) is 5.52 Å². The van der Waals surface area contributed by atoms with E-state index in [1.807, 2.05) is 0 Å². The van der Waals surface area contributed by atoms with Gasteiger partial charge in [0.25, 0.3) is 0 Å². The largest absolute Gasteiger partial charge is 0.264 e. The van der Waals surface area contributed by atoms with Gasteiger partial charge in [-0.1, -0.05) is 11.6 Å². The molecule has 0 radical (unpaired) electrons. The smallest absolute Gasteiger partial charge is 0.186 e. The standard InChI is InChI=1S/C8H7ClFN3/c1-4-5-3-11-8(9)6(10)7(5)13(2)12-4/h3H,1-2H3. The second-order valence-electron chi connectivity index (χ2n) is 2.83. The Bertz CT molecular complexity index is 478. The molecule has 0 saturated heterocycles. The summed E-state index contributed by atoms with van der Waals surface area (Å²) in [6, 6.07) is 0. The summed E-state index contributed by atoms with van der Waals surface area (Å²) < 4.78 is 14.9. The van der Waals surface area contributed by atoms with E-state index in [9.17, 15) is 4.39 Å². The van der Waals surface area contributed by atoms with E-state index in [1.54, 1.807) is 14.0 Å². The van der Waals surface area contributed by atoms with Crippen LogP contribution in [0.5, 0.6) is 0 Å². The van der Waals surface area contributed by atoms with Crippen LogP contribution in [-0.2, 0) is 7.05 Å². The molecule has 0 fully saturated rings. The van der Waals surface area contributed by atoms with Crippen molar-refractivity contribution < 1.29 is 4.39 Å². The van der Waals surface area contributed by atoms with Gasteiger partial charge in [0, 0.05) is 18.6 Å². The summed E-state index contributed by atoms with van der Waals surface area (Å²) >= 11 is 5.54. The maximum absolute atomic E-state index is 13.4. The Hall–Kier alpha value is -1.16. The van der Waals surface area contributed by atoms with Crippen LogP contribution >= 0.6 is 11.6 Å². The van der Waals surface area contributed by atoms with Crippen LogP contribution in [0.25, 0.3) is 10.9 Å². The lowest BCUT2D eigenvalue weighted by atomic mass is 10.3. The number of aromatic nitrogens is 3. The fourth-order valence-corrected chi connectivity index (χ4v) is 1.50. The highest BCUT2D eigenvalue weighted by Crippen LogP contribution is 2.23. The molecule has 3 nitrogen and oxygen atoms in total. The van der Waals surface area contributed by atoms with Crippen molar-refractivity contribution in [2.45, 2.75) is 6.92 Å². The van der Waals surface area contributed by atoms with Crippen molar-refractivity contribution >= 4 is 22.5 Å². The fourth-order valence-electron chi connectivity index (χ4n) is 1.36. The molecule has 0 atom stereocenters. The lowest BCUT2D eigenvalue weighted by Gasteiger charge is -1.96. The predicted molar refractivity (Wildman–Crippen MR) is 48.2 cm³/mol. The quantitative estimate of drug-likeness (QED) is 0.609. The zero-order valence-corrected chi connectivity index (χ0v) is 7.93. The highest BCUT2D eigenvalue weighted by Gasteiger charge is 2.13. The third-order valence-corrected chi connectivity index (χ3v) is 2.23. The van der Waals surface area contributed by atoms with Crippen LogP contribution in [0, 0.1) is 12.7 Å². The first-order chi connectivity index (χ1) is 6.11. The highest BCUT2D eigenvalue weighted by molar-refractivity contribution is 6.30. The number of fused-ring (bicyclic) bond motifs is 1. The molecule has 0 aliphatic rings. The first-order valence-corrected chi connectivity index (χ1v) is 4.12. The molecule has 2 aromatic rings. The van der Waals surface area contributed by atoms with Crippen LogP contribution in [0.1, 0.15) is 5.69 Å². The van der Waals surface area contributed by atoms with Gasteiger partial charge in [-0.05, 0) is 6.92 Å². The van der Waals surface area contributed by atoms with Crippen LogP contribution < -0.4 is 0 Å². The molecule has 0 saturated carbocycles.